The molecule has 0 saturated heterocycles. The zero-order valence-electron chi connectivity index (χ0n) is 17.8. The number of rotatable bonds is 10. The van der Waals surface area contributed by atoms with Gasteiger partial charge in [-0.05, 0) is 24.3 Å². The summed E-state index contributed by atoms with van der Waals surface area (Å²) in [6.45, 7) is 1.29. The van der Waals surface area contributed by atoms with Gasteiger partial charge in [-0.2, -0.15) is 0 Å². The minimum atomic E-state index is -1.26. The lowest BCUT2D eigenvalue weighted by molar-refractivity contribution is -0.100. The van der Waals surface area contributed by atoms with E-state index >= 15 is 0 Å². The van der Waals surface area contributed by atoms with Gasteiger partial charge in [-0.25, -0.2) is 9.59 Å². The Hall–Kier alpha value is -3.23. The minimum absolute atomic E-state index is 0.0134. The Morgan fingerprint density at radius 2 is 1.48 bits per heavy atom. The molecule has 0 aliphatic rings. The highest BCUT2D eigenvalue weighted by Gasteiger charge is 2.33. The van der Waals surface area contributed by atoms with Gasteiger partial charge in [-0.3, -0.25) is 4.99 Å². The van der Waals surface area contributed by atoms with E-state index in [1.165, 1.54) is 14.2 Å². The number of carbonyl (C=O) groups is 2. The molecule has 0 aliphatic carbocycles. The second kappa shape index (κ2) is 12.5. The first-order valence-electron chi connectivity index (χ1n) is 9.70. The van der Waals surface area contributed by atoms with Crippen molar-refractivity contribution in [3.8, 4) is 0 Å². The van der Waals surface area contributed by atoms with Crippen molar-refractivity contribution in [1.82, 2.24) is 0 Å². The SMILES string of the molecule is CO/C(C)=N\CC(OC(=O)c1ccccc1)C(OC)C(O)COC(=O)c1ccccc1. The smallest absolute Gasteiger partial charge is 0.338 e. The number of carbonyl (C=O) groups excluding carboxylic acids is 2. The van der Waals surface area contributed by atoms with Crippen molar-refractivity contribution < 1.29 is 33.6 Å². The number of ether oxygens (including phenoxy) is 4. The summed E-state index contributed by atoms with van der Waals surface area (Å²) in [4.78, 5) is 28.9. The zero-order valence-corrected chi connectivity index (χ0v) is 17.8. The summed E-state index contributed by atoms with van der Waals surface area (Å²) in [5.41, 5.74) is 0.704. The largest absolute Gasteiger partial charge is 0.484 e. The van der Waals surface area contributed by atoms with Crippen molar-refractivity contribution in [1.29, 1.82) is 0 Å². The molecule has 0 heterocycles. The summed E-state index contributed by atoms with van der Waals surface area (Å²) in [5.74, 6) is -0.799. The van der Waals surface area contributed by atoms with Gasteiger partial charge in [-0.15, -0.1) is 0 Å². The Labute approximate surface area is 181 Å². The third kappa shape index (κ3) is 7.51. The zero-order chi connectivity index (χ0) is 22.6. The van der Waals surface area contributed by atoms with Crippen molar-refractivity contribution in [3.05, 3.63) is 71.8 Å². The Balaban J connectivity index is 2.10. The highest BCUT2D eigenvalue weighted by Crippen LogP contribution is 2.14. The van der Waals surface area contributed by atoms with E-state index in [-0.39, 0.29) is 13.2 Å². The third-order valence-corrected chi connectivity index (χ3v) is 4.47. The number of esters is 2. The van der Waals surface area contributed by atoms with Crippen molar-refractivity contribution in [3.63, 3.8) is 0 Å². The Morgan fingerprint density at radius 3 is 2.00 bits per heavy atom. The van der Waals surface area contributed by atoms with Crippen LogP contribution in [0.1, 0.15) is 27.6 Å². The molecule has 0 bridgehead atoms. The fraction of sp³-hybridized carbons (Fsp3) is 0.348. The maximum atomic E-state index is 12.5. The predicted octanol–water partition coefficient (Wildman–Crippen LogP) is 2.51. The molecule has 0 radical (unpaired) electrons. The van der Waals surface area contributed by atoms with E-state index in [0.29, 0.717) is 17.0 Å². The lowest BCUT2D eigenvalue weighted by Crippen LogP contribution is -2.45. The molecule has 0 spiro atoms. The van der Waals surface area contributed by atoms with E-state index in [4.69, 9.17) is 18.9 Å². The molecule has 1 N–H and O–H groups in total. The number of hydrogen-bond acceptors (Lipinski definition) is 8. The molecule has 3 unspecified atom stereocenters. The van der Waals surface area contributed by atoms with Gasteiger partial charge >= 0.3 is 11.9 Å². The standard InChI is InChI=1S/C23H27NO7/c1-16(28-2)24-14-20(31-23(27)18-12-8-5-9-13-18)21(29-3)19(25)15-30-22(26)17-10-6-4-7-11-17/h4-13,19-21,25H,14-15H2,1-3H3/b24-16-. The molecule has 166 valence electrons. The van der Waals surface area contributed by atoms with Crippen LogP contribution in [0.5, 0.6) is 0 Å². The molecular weight excluding hydrogens is 402 g/mol. The van der Waals surface area contributed by atoms with Crippen LogP contribution in [0, 0.1) is 0 Å². The van der Waals surface area contributed by atoms with Gasteiger partial charge in [0.05, 0.1) is 24.8 Å². The molecule has 0 aromatic heterocycles. The molecule has 0 saturated carbocycles. The first kappa shape index (κ1) is 24.0. The van der Waals surface area contributed by atoms with Gasteiger partial charge in [0.25, 0.3) is 0 Å². The first-order chi connectivity index (χ1) is 15.0. The monoisotopic (exact) mass is 429 g/mol. The average molecular weight is 429 g/mol. The van der Waals surface area contributed by atoms with Gasteiger partial charge in [0.2, 0.25) is 0 Å². The summed E-state index contributed by atoms with van der Waals surface area (Å²) in [5, 5.41) is 10.6. The number of nitrogens with zero attached hydrogens (tertiary/aromatic N) is 1. The van der Waals surface area contributed by atoms with Gasteiger partial charge in [-0.1, -0.05) is 36.4 Å². The summed E-state index contributed by atoms with van der Waals surface area (Å²) in [6, 6.07) is 16.8. The first-order valence-corrected chi connectivity index (χ1v) is 9.70. The molecule has 8 nitrogen and oxygen atoms in total. The second-order valence-corrected chi connectivity index (χ2v) is 6.61. The Kier molecular flexibility index (Phi) is 9.67. The Bertz CT molecular complexity index is 855. The van der Waals surface area contributed by atoms with Crippen LogP contribution in [0.4, 0.5) is 0 Å². The highest BCUT2D eigenvalue weighted by atomic mass is 16.6. The fourth-order valence-electron chi connectivity index (χ4n) is 2.74. The van der Waals surface area contributed by atoms with E-state index in [9.17, 15) is 14.7 Å². The number of hydrogen-bond donors (Lipinski definition) is 1. The lowest BCUT2D eigenvalue weighted by Gasteiger charge is -2.28. The molecular formula is C23H27NO7. The van der Waals surface area contributed by atoms with Crippen molar-refractivity contribution in [2.45, 2.75) is 25.2 Å². The van der Waals surface area contributed by atoms with E-state index in [1.807, 2.05) is 0 Å². The Morgan fingerprint density at radius 1 is 0.935 bits per heavy atom. The fourth-order valence-corrected chi connectivity index (χ4v) is 2.74. The number of aliphatic imine (C=N–C) groups is 1. The second-order valence-electron chi connectivity index (χ2n) is 6.61. The average Bonchev–Trinajstić information content (AvgIpc) is 2.81. The molecule has 2 rings (SSSR count). The van der Waals surface area contributed by atoms with Crippen LogP contribution in [0.2, 0.25) is 0 Å². The van der Waals surface area contributed by atoms with Crippen LogP contribution in [-0.2, 0) is 18.9 Å². The van der Waals surface area contributed by atoms with Gasteiger partial charge in [0.15, 0.2) is 12.0 Å². The van der Waals surface area contributed by atoms with E-state index in [2.05, 4.69) is 4.99 Å². The molecule has 8 heteroatoms. The van der Waals surface area contributed by atoms with Crippen molar-refractivity contribution in [2.24, 2.45) is 4.99 Å². The minimum Gasteiger partial charge on any atom is -0.484 e. The number of methoxy groups -OCH3 is 2. The quantitative estimate of drug-likeness (QED) is 0.352. The third-order valence-electron chi connectivity index (χ3n) is 4.47. The van der Waals surface area contributed by atoms with Crippen LogP contribution in [-0.4, -0.2) is 68.6 Å². The van der Waals surface area contributed by atoms with E-state index in [0.717, 1.165) is 0 Å². The van der Waals surface area contributed by atoms with Crippen LogP contribution >= 0.6 is 0 Å². The summed E-state index contributed by atoms with van der Waals surface area (Å²) < 4.78 is 21.2. The van der Waals surface area contributed by atoms with Gasteiger partial charge in [0, 0.05) is 14.0 Å². The number of aliphatic hydroxyl groups is 1. The summed E-state index contributed by atoms with van der Waals surface area (Å²) in [6.07, 6.45) is -3.21. The van der Waals surface area contributed by atoms with E-state index < -0.39 is 30.3 Å². The summed E-state index contributed by atoms with van der Waals surface area (Å²) >= 11 is 0. The summed E-state index contributed by atoms with van der Waals surface area (Å²) in [7, 11) is 2.83. The predicted molar refractivity (Wildman–Crippen MR) is 114 cm³/mol. The molecule has 0 amide bonds. The van der Waals surface area contributed by atoms with Gasteiger partial charge in [0.1, 0.15) is 18.8 Å². The van der Waals surface area contributed by atoms with Gasteiger partial charge < -0.3 is 24.1 Å². The number of benzene rings is 2. The molecule has 31 heavy (non-hydrogen) atoms. The highest BCUT2D eigenvalue weighted by molar-refractivity contribution is 5.89. The number of aliphatic hydroxyl groups excluding tert-OH is 1. The molecule has 0 fully saturated rings. The normalized spacial score (nSPS) is 14.3. The van der Waals surface area contributed by atoms with Crippen LogP contribution in [0.15, 0.2) is 65.7 Å². The maximum Gasteiger partial charge on any atom is 0.338 e. The van der Waals surface area contributed by atoms with Crippen LogP contribution < -0.4 is 0 Å². The molecule has 3 atom stereocenters. The molecule has 2 aromatic carbocycles. The van der Waals surface area contributed by atoms with Crippen molar-refractivity contribution in [2.75, 3.05) is 27.4 Å². The lowest BCUT2D eigenvalue weighted by atomic mass is 10.1. The van der Waals surface area contributed by atoms with Crippen LogP contribution in [0.25, 0.3) is 0 Å². The molecule has 0 aliphatic heterocycles. The topological polar surface area (TPSA) is 104 Å². The maximum absolute atomic E-state index is 12.5. The van der Waals surface area contributed by atoms with E-state index in [1.54, 1.807) is 67.6 Å². The van der Waals surface area contributed by atoms with Crippen molar-refractivity contribution >= 4 is 17.8 Å². The molecule has 2 aromatic rings. The van der Waals surface area contributed by atoms with Crippen LogP contribution in [0.3, 0.4) is 0 Å².